The minimum Gasteiger partial charge on any atom is -0.492 e. The molecule has 0 bridgehead atoms. The van der Waals surface area contributed by atoms with Crippen molar-refractivity contribution in [3.63, 3.8) is 0 Å². The maximum absolute atomic E-state index is 10.7. The number of aromatic nitrogens is 1. The van der Waals surface area contributed by atoms with Gasteiger partial charge in [0.2, 0.25) is 11.6 Å². The molecule has 0 atom stereocenters. The van der Waals surface area contributed by atoms with Gasteiger partial charge in [-0.15, -0.1) is 0 Å². The number of rotatable bonds is 1. The van der Waals surface area contributed by atoms with Crippen molar-refractivity contribution >= 4 is 15.9 Å². The molecule has 0 aliphatic carbocycles. The van der Waals surface area contributed by atoms with E-state index in [0.717, 1.165) is 0 Å². The van der Waals surface area contributed by atoms with Gasteiger partial charge in [-0.25, -0.2) is 4.79 Å². The molecule has 2 aromatic rings. The number of aromatic hydroxyl groups is 1. The smallest absolute Gasteiger partial charge is 0.419 e. The monoisotopic (exact) mass is 245 g/mol. The SMILES string of the molecule is O=c1[nH]c(O)c(-c2ccc(Br)o2)o1. The molecule has 6 heteroatoms. The van der Waals surface area contributed by atoms with Crippen LogP contribution in [0.5, 0.6) is 5.88 Å². The average molecular weight is 246 g/mol. The molecule has 0 unspecified atom stereocenters. The van der Waals surface area contributed by atoms with Crippen molar-refractivity contribution in [2.24, 2.45) is 0 Å². The summed E-state index contributed by atoms with van der Waals surface area (Å²) < 4.78 is 10.2. The van der Waals surface area contributed by atoms with Gasteiger partial charge in [0.15, 0.2) is 10.4 Å². The summed E-state index contributed by atoms with van der Waals surface area (Å²) in [6, 6.07) is 3.19. The highest BCUT2D eigenvalue weighted by Gasteiger charge is 2.14. The summed E-state index contributed by atoms with van der Waals surface area (Å²) in [5.74, 6) is -0.787. The van der Waals surface area contributed by atoms with Crippen LogP contribution in [0.4, 0.5) is 0 Å². The van der Waals surface area contributed by atoms with Crippen LogP contribution in [0.25, 0.3) is 11.5 Å². The molecular formula is C7H4BrNO4. The predicted molar refractivity (Wildman–Crippen MR) is 46.4 cm³/mol. The average Bonchev–Trinajstić information content (AvgIpc) is 2.58. The molecule has 13 heavy (non-hydrogen) atoms. The largest absolute Gasteiger partial charge is 0.492 e. The van der Waals surface area contributed by atoms with Gasteiger partial charge in [-0.05, 0) is 28.1 Å². The van der Waals surface area contributed by atoms with E-state index in [0.29, 0.717) is 4.67 Å². The molecule has 0 aromatic carbocycles. The van der Waals surface area contributed by atoms with Crippen molar-refractivity contribution in [1.29, 1.82) is 0 Å². The van der Waals surface area contributed by atoms with E-state index in [4.69, 9.17) is 9.52 Å². The Morgan fingerprint density at radius 2 is 2.15 bits per heavy atom. The fourth-order valence-electron chi connectivity index (χ4n) is 0.923. The summed E-state index contributed by atoms with van der Waals surface area (Å²) in [4.78, 5) is 12.7. The highest BCUT2D eigenvalue weighted by molar-refractivity contribution is 9.10. The lowest BCUT2D eigenvalue weighted by Gasteiger charge is -1.88. The first-order valence-corrected chi connectivity index (χ1v) is 4.14. The van der Waals surface area contributed by atoms with Crippen LogP contribution in [-0.2, 0) is 0 Å². The lowest BCUT2D eigenvalue weighted by atomic mass is 10.4. The van der Waals surface area contributed by atoms with Crippen molar-refractivity contribution in [3.8, 4) is 17.4 Å². The standard InChI is InChI=1S/C7H4BrNO4/c8-4-2-1-3(12-4)5-6(10)9-7(11)13-5/h1-2,10H,(H,9,11). The summed E-state index contributed by atoms with van der Waals surface area (Å²) in [5.41, 5.74) is 0. The Balaban J connectivity index is 2.58. The Morgan fingerprint density at radius 1 is 1.38 bits per heavy atom. The van der Waals surface area contributed by atoms with Gasteiger partial charge >= 0.3 is 5.76 Å². The Kier molecular flexibility index (Phi) is 1.77. The summed E-state index contributed by atoms with van der Waals surface area (Å²) in [5, 5.41) is 9.17. The molecule has 5 nitrogen and oxygen atoms in total. The van der Waals surface area contributed by atoms with E-state index in [-0.39, 0.29) is 17.4 Å². The van der Waals surface area contributed by atoms with Crippen LogP contribution in [0.15, 0.2) is 30.4 Å². The molecule has 68 valence electrons. The van der Waals surface area contributed by atoms with Crippen LogP contribution in [0, 0.1) is 0 Å². The third-order valence-electron chi connectivity index (χ3n) is 1.43. The minimum absolute atomic E-state index is 0.00398. The molecule has 0 fully saturated rings. The third kappa shape index (κ3) is 1.40. The van der Waals surface area contributed by atoms with Gasteiger partial charge in [-0.3, -0.25) is 4.98 Å². The van der Waals surface area contributed by atoms with E-state index in [1.807, 2.05) is 0 Å². The second kappa shape index (κ2) is 2.81. The van der Waals surface area contributed by atoms with Crippen LogP contribution >= 0.6 is 15.9 Å². The van der Waals surface area contributed by atoms with Crippen LogP contribution in [-0.4, -0.2) is 10.1 Å². The Labute approximate surface area is 80.1 Å². The van der Waals surface area contributed by atoms with Crippen LogP contribution < -0.4 is 5.76 Å². The van der Waals surface area contributed by atoms with Crippen LogP contribution in [0.2, 0.25) is 0 Å². The fraction of sp³-hybridized carbons (Fsp3) is 0. The molecule has 0 aliphatic rings. The molecule has 0 spiro atoms. The molecule has 0 amide bonds. The number of halogens is 1. The summed E-state index contributed by atoms with van der Waals surface area (Å²) in [6.45, 7) is 0. The zero-order valence-electron chi connectivity index (χ0n) is 6.20. The number of oxazole rings is 1. The summed E-state index contributed by atoms with van der Waals surface area (Å²) >= 11 is 3.08. The maximum atomic E-state index is 10.7. The van der Waals surface area contributed by atoms with Gasteiger partial charge in [0, 0.05) is 0 Å². The first-order chi connectivity index (χ1) is 6.16. The van der Waals surface area contributed by atoms with E-state index < -0.39 is 5.76 Å². The second-order valence-electron chi connectivity index (χ2n) is 2.30. The number of H-pyrrole nitrogens is 1. The van der Waals surface area contributed by atoms with E-state index in [2.05, 4.69) is 25.3 Å². The van der Waals surface area contributed by atoms with Gasteiger partial charge in [0.1, 0.15) is 0 Å². The van der Waals surface area contributed by atoms with E-state index >= 15 is 0 Å². The van der Waals surface area contributed by atoms with Crippen molar-refractivity contribution in [2.45, 2.75) is 0 Å². The van der Waals surface area contributed by atoms with E-state index in [1.54, 1.807) is 12.1 Å². The highest BCUT2D eigenvalue weighted by Crippen LogP contribution is 2.29. The van der Waals surface area contributed by atoms with Gasteiger partial charge in [-0.2, -0.15) is 0 Å². The molecule has 0 radical (unpaired) electrons. The maximum Gasteiger partial charge on any atom is 0.419 e. The summed E-state index contributed by atoms with van der Waals surface area (Å²) in [7, 11) is 0. The quantitative estimate of drug-likeness (QED) is 0.802. The van der Waals surface area contributed by atoms with Crippen molar-refractivity contribution in [3.05, 3.63) is 27.4 Å². The number of aromatic amines is 1. The van der Waals surface area contributed by atoms with Gasteiger partial charge < -0.3 is 13.9 Å². The van der Waals surface area contributed by atoms with Crippen LogP contribution in [0.3, 0.4) is 0 Å². The van der Waals surface area contributed by atoms with E-state index in [1.165, 1.54) is 0 Å². The Morgan fingerprint density at radius 3 is 2.62 bits per heavy atom. The van der Waals surface area contributed by atoms with Crippen molar-refractivity contribution in [1.82, 2.24) is 4.98 Å². The topological polar surface area (TPSA) is 79.4 Å². The first kappa shape index (κ1) is 8.18. The number of hydrogen-bond acceptors (Lipinski definition) is 4. The molecule has 2 N–H and O–H groups in total. The first-order valence-electron chi connectivity index (χ1n) is 3.34. The second-order valence-corrected chi connectivity index (χ2v) is 3.08. The number of hydrogen-bond donors (Lipinski definition) is 2. The predicted octanol–water partition coefficient (Wildman–Crippen LogP) is 1.70. The zero-order chi connectivity index (χ0) is 9.42. The lowest BCUT2D eigenvalue weighted by molar-refractivity contribution is 0.442. The van der Waals surface area contributed by atoms with Crippen molar-refractivity contribution < 1.29 is 13.9 Å². The number of nitrogens with one attached hydrogen (secondary N) is 1. The molecule has 0 aliphatic heterocycles. The lowest BCUT2D eigenvalue weighted by Crippen LogP contribution is -1.92. The fourth-order valence-corrected chi connectivity index (χ4v) is 1.23. The van der Waals surface area contributed by atoms with Gasteiger partial charge in [0.05, 0.1) is 0 Å². The van der Waals surface area contributed by atoms with Crippen molar-refractivity contribution in [2.75, 3.05) is 0 Å². The Hall–Kier alpha value is -1.43. The molecule has 0 saturated heterocycles. The zero-order valence-corrected chi connectivity index (χ0v) is 7.79. The van der Waals surface area contributed by atoms with Gasteiger partial charge in [-0.1, -0.05) is 0 Å². The molecule has 0 saturated carbocycles. The molecule has 2 aromatic heterocycles. The minimum atomic E-state index is -0.722. The third-order valence-corrected chi connectivity index (χ3v) is 1.85. The van der Waals surface area contributed by atoms with Crippen LogP contribution in [0.1, 0.15) is 0 Å². The van der Waals surface area contributed by atoms with E-state index in [9.17, 15) is 4.79 Å². The molecular weight excluding hydrogens is 242 g/mol. The normalized spacial score (nSPS) is 10.5. The number of furan rings is 1. The highest BCUT2D eigenvalue weighted by atomic mass is 79.9. The van der Waals surface area contributed by atoms with Gasteiger partial charge in [0.25, 0.3) is 0 Å². The molecule has 2 rings (SSSR count). The summed E-state index contributed by atoms with van der Waals surface area (Å²) in [6.07, 6.45) is 0. The molecule has 2 heterocycles. The Bertz CT molecular complexity index is 481.